The topological polar surface area (TPSA) is 129 Å². The van der Waals surface area contributed by atoms with Crippen LogP contribution in [0.25, 0.3) is 0 Å². The molecule has 1 aromatic carbocycles. The van der Waals surface area contributed by atoms with Gasteiger partial charge >= 0.3 is 45.9 Å². The van der Waals surface area contributed by atoms with Gasteiger partial charge in [0.1, 0.15) is 0 Å². The monoisotopic (exact) mass is 338 g/mol. The molecule has 0 saturated carbocycles. The van der Waals surface area contributed by atoms with Gasteiger partial charge in [-0.05, 0) is 18.2 Å². The van der Waals surface area contributed by atoms with E-state index in [1.165, 1.54) is 0 Å². The van der Waals surface area contributed by atoms with E-state index < -0.39 is 45.3 Å². The fraction of sp³-hybridized carbons (Fsp3) is 0.333. The van der Waals surface area contributed by atoms with Crippen molar-refractivity contribution in [2.75, 3.05) is 26.7 Å². The molecule has 0 aromatic heterocycles. The molecule has 0 saturated heterocycles. The summed E-state index contributed by atoms with van der Waals surface area (Å²) in [5.41, 5.74) is -1.07. The van der Waals surface area contributed by atoms with Crippen LogP contribution in [0.3, 0.4) is 0 Å². The molecule has 1 rings (SSSR count). The van der Waals surface area contributed by atoms with E-state index in [-0.39, 0.29) is 0 Å². The molecule has 0 amide bonds. The zero-order valence-corrected chi connectivity index (χ0v) is 13.9. The van der Waals surface area contributed by atoms with Gasteiger partial charge in [-0.1, -0.05) is 0 Å². The predicted molar refractivity (Wildman–Crippen MR) is 82.2 cm³/mol. The van der Waals surface area contributed by atoms with Gasteiger partial charge in [-0.25, -0.2) is 9.59 Å². The molecule has 0 aliphatic heterocycles. The Morgan fingerprint density at radius 3 is 1.38 bits per heavy atom. The van der Waals surface area contributed by atoms with Crippen LogP contribution in [0.1, 0.15) is 20.7 Å². The first-order chi connectivity index (χ1) is 9.21. The maximum Gasteiger partial charge on any atom is 0.335 e. The fourth-order valence-electron chi connectivity index (χ4n) is 0.995. The first-order valence-electron chi connectivity index (χ1n) is 5.81. The van der Waals surface area contributed by atoms with Crippen molar-refractivity contribution in [1.82, 2.24) is 0 Å². The number of aromatic carboxylic acids is 2. The minimum absolute atomic E-state index is 0.535. The maximum atomic E-state index is 10.8. The van der Waals surface area contributed by atoms with Gasteiger partial charge in [0.05, 0.1) is 16.0 Å². The van der Waals surface area contributed by atoms with Crippen molar-refractivity contribution in [1.29, 1.82) is 0 Å². The van der Waals surface area contributed by atoms with Crippen molar-refractivity contribution in [2.24, 2.45) is 0 Å². The molecule has 0 aliphatic rings. The Hall–Kier alpha value is -1.50. The number of carboxylic acid groups (broad SMARTS) is 2. The van der Waals surface area contributed by atoms with E-state index >= 15 is 0 Å². The first kappa shape index (κ1) is 19.5. The van der Waals surface area contributed by atoms with Gasteiger partial charge in [0.2, 0.25) is 0 Å². The third-order valence-electron chi connectivity index (χ3n) is 1.70. The number of carbonyl (C=O) groups is 2. The largest absolute Gasteiger partial charge is 0.478 e. The van der Waals surface area contributed by atoms with Crippen molar-refractivity contribution >= 4 is 29.3 Å². The predicted octanol–water partition coefficient (Wildman–Crippen LogP) is 1.59. The molecule has 0 atom stereocenters. The molecule has 120 valence electrons. The van der Waals surface area contributed by atoms with Gasteiger partial charge in [-0.2, -0.15) is 8.42 Å². The van der Waals surface area contributed by atoms with E-state index in [2.05, 4.69) is 26.7 Å². The minimum Gasteiger partial charge on any atom is -0.478 e. The van der Waals surface area contributed by atoms with E-state index in [1.807, 2.05) is 0 Å². The van der Waals surface area contributed by atoms with Crippen molar-refractivity contribution in [3.8, 4) is 0 Å². The van der Waals surface area contributed by atoms with E-state index in [0.29, 0.717) is 12.1 Å². The SMILES string of the molecule is C[PH](C)(C)C.O=C(O)c1cc(C(=O)O)cc(S(=O)(=O)O)c1. The quantitative estimate of drug-likeness (QED) is 0.563. The molecule has 9 heteroatoms. The van der Waals surface area contributed by atoms with Gasteiger partial charge in [-0.15, -0.1) is 0 Å². The van der Waals surface area contributed by atoms with Crippen LogP contribution in [0.15, 0.2) is 23.1 Å². The molecule has 21 heavy (non-hydrogen) atoms. The molecule has 0 aliphatic carbocycles. The molecule has 0 radical (unpaired) electrons. The average Bonchev–Trinajstić information content (AvgIpc) is 2.24. The van der Waals surface area contributed by atoms with Crippen LogP contribution < -0.4 is 0 Å². The summed E-state index contributed by atoms with van der Waals surface area (Å²) in [6, 6.07) is 2.13. The summed E-state index contributed by atoms with van der Waals surface area (Å²) in [5, 5.41) is 17.2. The molecule has 0 bridgehead atoms. The summed E-state index contributed by atoms with van der Waals surface area (Å²) in [4.78, 5) is 20.4. The van der Waals surface area contributed by atoms with Crippen LogP contribution in [-0.4, -0.2) is 61.8 Å². The Bertz CT molecular complexity index is 606. The van der Waals surface area contributed by atoms with Crippen molar-refractivity contribution in [3.05, 3.63) is 29.3 Å². The Morgan fingerprint density at radius 2 is 1.19 bits per heavy atom. The second-order valence-electron chi connectivity index (χ2n) is 5.83. The third kappa shape index (κ3) is 8.39. The summed E-state index contributed by atoms with van der Waals surface area (Å²) < 4.78 is 30.2. The van der Waals surface area contributed by atoms with E-state index in [4.69, 9.17) is 14.8 Å². The van der Waals surface area contributed by atoms with E-state index in [0.717, 1.165) is 6.07 Å². The number of hydrogen-bond donors (Lipinski definition) is 3. The van der Waals surface area contributed by atoms with E-state index in [1.54, 1.807) is 0 Å². The van der Waals surface area contributed by atoms with Crippen LogP contribution >= 0.6 is 7.26 Å². The van der Waals surface area contributed by atoms with Gasteiger partial charge in [-0.3, -0.25) is 4.55 Å². The van der Waals surface area contributed by atoms with Crippen LogP contribution in [0.5, 0.6) is 0 Å². The molecule has 0 spiro atoms. The van der Waals surface area contributed by atoms with Crippen molar-refractivity contribution in [3.63, 3.8) is 0 Å². The molecule has 0 heterocycles. The van der Waals surface area contributed by atoms with Crippen LogP contribution in [-0.2, 0) is 10.1 Å². The van der Waals surface area contributed by atoms with Crippen LogP contribution in [0.2, 0.25) is 0 Å². The summed E-state index contributed by atoms with van der Waals surface area (Å²) >= 11 is 0. The third-order valence-corrected chi connectivity index (χ3v) is 2.53. The Balaban J connectivity index is 0.000000690. The molecule has 7 nitrogen and oxygen atoms in total. The second-order valence-corrected chi connectivity index (χ2v) is 13.3. The molecule has 0 unspecified atom stereocenters. The van der Waals surface area contributed by atoms with E-state index in [9.17, 15) is 18.0 Å². The Morgan fingerprint density at radius 1 is 0.905 bits per heavy atom. The zero-order chi connectivity index (χ0) is 17.0. The Labute approximate surface area is 123 Å². The smallest absolute Gasteiger partial charge is 0.335 e. The molecule has 1 aromatic rings. The van der Waals surface area contributed by atoms with Crippen molar-refractivity contribution < 1.29 is 32.8 Å². The van der Waals surface area contributed by atoms with Crippen molar-refractivity contribution in [2.45, 2.75) is 4.90 Å². The van der Waals surface area contributed by atoms with Gasteiger partial charge in [0, 0.05) is 0 Å². The number of carboxylic acids is 2. The average molecular weight is 338 g/mol. The Kier molecular flexibility index (Phi) is 6.48. The first-order valence-corrected chi connectivity index (χ1v) is 11.2. The zero-order valence-electron chi connectivity index (χ0n) is 12.1. The standard InChI is InChI=1S/C8H6O7S.C4H13P/c9-7(10)4-1-5(8(11)12)3-6(2-4)16(13,14)15;1-5(2,3)4/h1-3H,(H,9,10)(H,11,12)(H,13,14,15);5H,1-4H3. The summed E-state index contributed by atoms with van der Waals surface area (Å²) in [6.07, 6.45) is 0. The molecule has 0 fully saturated rings. The normalized spacial score (nSPS) is 12.0. The maximum absolute atomic E-state index is 10.8. The van der Waals surface area contributed by atoms with Crippen LogP contribution in [0.4, 0.5) is 0 Å². The van der Waals surface area contributed by atoms with Crippen LogP contribution in [0, 0.1) is 0 Å². The fourth-order valence-corrected chi connectivity index (χ4v) is 1.55. The molecular weight excluding hydrogens is 319 g/mol. The van der Waals surface area contributed by atoms with Gasteiger partial charge in [0.25, 0.3) is 10.1 Å². The molecular formula is C12H19O7PS. The number of rotatable bonds is 3. The second kappa shape index (κ2) is 6.98. The number of benzene rings is 1. The summed E-state index contributed by atoms with van der Waals surface area (Å²) in [5.74, 6) is -2.99. The molecule has 3 N–H and O–H groups in total. The number of hydrogen-bond acceptors (Lipinski definition) is 4. The summed E-state index contributed by atoms with van der Waals surface area (Å²) in [6.45, 7) is 9.31. The van der Waals surface area contributed by atoms with Gasteiger partial charge < -0.3 is 10.2 Å². The minimum atomic E-state index is -4.64. The summed E-state index contributed by atoms with van der Waals surface area (Å²) in [7, 11) is -5.25. The van der Waals surface area contributed by atoms with Gasteiger partial charge in [0.15, 0.2) is 0 Å².